The van der Waals surface area contributed by atoms with Crippen LogP contribution in [0.3, 0.4) is 0 Å². The monoisotopic (exact) mass is 691 g/mol. The van der Waals surface area contributed by atoms with Crippen LogP contribution >= 0.6 is 11.8 Å². The Morgan fingerprint density at radius 3 is 1.68 bits per heavy atom. The van der Waals surface area contributed by atoms with E-state index in [1.165, 1.54) is 75.8 Å². The van der Waals surface area contributed by atoms with Crippen LogP contribution in [-0.4, -0.2) is 0 Å². The molecule has 0 unspecified atom stereocenters. The summed E-state index contributed by atoms with van der Waals surface area (Å²) < 4.78 is 0. The average Bonchev–Trinajstić information content (AvgIpc) is 3.23. The minimum absolute atomic E-state index is 0.522. The van der Waals surface area contributed by atoms with Crippen LogP contribution in [0.15, 0.2) is 210 Å². The molecular formula is C51H33NS. The van der Waals surface area contributed by atoms with Crippen molar-refractivity contribution in [1.82, 2.24) is 0 Å². The van der Waals surface area contributed by atoms with Crippen molar-refractivity contribution >= 4 is 50.4 Å². The van der Waals surface area contributed by atoms with Gasteiger partial charge in [0.2, 0.25) is 0 Å². The van der Waals surface area contributed by atoms with Crippen LogP contribution in [0.25, 0.3) is 43.8 Å². The second-order valence-electron chi connectivity index (χ2n) is 14.0. The lowest BCUT2D eigenvalue weighted by Crippen LogP contribution is -2.36. The molecule has 2 heteroatoms. The van der Waals surface area contributed by atoms with Crippen molar-refractivity contribution < 1.29 is 0 Å². The number of hydrogen-bond acceptors (Lipinski definition) is 2. The Morgan fingerprint density at radius 1 is 0.358 bits per heavy atom. The van der Waals surface area contributed by atoms with Crippen molar-refractivity contribution in [2.75, 3.05) is 4.90 Å². The molecule has 0 radical (unpaired) electrons. The molecule has 0 aromatic heterocycles. The molecule has 9 aromatic carbocycles. The molecule has 0 bridgehead atoms. The van der Waals surface area contributed by atoms with E-state index in [0.717, 1.165) is 17.1 Å². The number of fused-ring (bicyclic) bond motifs is 9. The maximum atomic E-state index is 2.50. The average molecular weight is 692 g/mol. The SMILES string of the molecule is c1ccc(-c2cc3ccccc3cc2N(c2ccccc2)c2ccc3c(c2)C2(c4ccccc4Sc4ccccc42)c2cccc4cccc-3c24)cc1. The molecule has 2 aliphatic rings. The lowest BCUT2D eigenvalue weighted by atomic mass is 9.59. The number of para-hydroxylation sites is 1. The number of anilines is 3. The van der Waals surface area contributed by atoms with E-state index in [1.807, 2.05) is 11.8 Å². The molecule has 248 valence electrons. The zero-order valence-electron chi connectivity index (χ0n) is 28.9. The van der Waals surface area contributed by atoms with Gasteiger partial charge in [-0.2, -0.15) is 0 Å². The Morgan fingerprint density at radius 2 is 0.943 bits per heavy atom. The van der Waals surface area contributed by atoms with E-state index in [4.69, 9.17) is 0 Å². The van der Waals surface area contributed by atoms with Crippen LogP contribution in [0.5, 0.6) is 0 Å². The zero-order chi connectivity index (χ0) is 34.9. The van der Waals surface area contributed by atoms with E-state index in [0.29, 0.717) is 0 Å². The summed E-state index contributed by atoms with van der Waals surface area (Å²) in [7, 11) is 0. The lowest BCUT2D eigenvalue weighted by molar-refractivity contribution is 0.707. The molecular weight excluding hydrogens is 659 g/mol. The Hall–Kier alpha value is -6.35. The minimum atomic E-state index is -0.522. The maximum Gasteiger partial charge on any atom is 0.0736 e. The standard InChI is InChI=1S/C51H33NS/c1-3-15-34(16-4-1)42-31-36-17-7-8-18-37(36)32-47(42)52(38-21-5-2-6-22-38)39-29-30-40-41-23-13-19-35-20-14-26-45(50(35)41)51(46(40)33-39)43-24-9-11-27-48(43)53-49-28-12-10-25-44(49)51/h1-33H. The van der Waals surface area contributed by atoms with Gasteiger partial charge in [-0.3, -0.25) is 0 Å². The first kappa shape index (κ1) is 30.3. The molecule has 1 aliphatic heterocycles. The highest BCUT2D eigenvalue weighted by atomic mass is 32.2. The number of benzene rings is 9. The number of nitrogens with zero attached hydrogens (tertiary/aromatic N) is 1. The van der Waals surface area contributed by atoms with Gasteiger partial charge in [-0.05, 0) is 109 Å². The molecule has 1 aliphatic carbocycles. The first-order valence-corrected chi connectivity index (χ1v) is 19.1. The van der Waals surface area contributed by atoms with Crippen molar-refractivity contribution in [3.8, 4) is 22.3 Å². The van der Waals surface area contributed by atoms with Crippen molar-refractivity contribution in [2.24, 2.45) is 0 Å². The molecule has 1 heterocycles. The van der Waals surface area contributed by atoms with E-state index in [-0.39, 0.29) is 0 Å². The predicted molar refractivity (Wildman–Crippen MR) is 223 cm³/mol. The normalized spacial score (nSPS) is 13.4. The summed E-state index contributed by atoms with van der Waals surface area (Å²) in [6.07, 6.45) is 0. The molecule has 0 saturated heterocycles. The van der Waals surface area contributed by atoms with Gasteiger partial charge in [0.1, 0.15) is 0 Å². The molecule has 11 rings (SSSR count). The molecule has 1 spiro atoms. The molecule has 0 atom stereocenters. The van der Waals surface area contributed by atoms with E-state index >= 15 is 0 Å². The van der Waals surface area contributed by atoms with E-state index in [2.05, 4.69) is 205 Å². The van der Waals surface area contributed by atoms with Gasteiger partial charge in [0.05, 0.1) is 11.1 Å². The highest BCUT2D eigenvalue weighted by Gasteiger charge is 2.48. The van der Waals surface area contributed by atoms with Gasteiger partial charge < -0.3 is 4.90 Å². The Labute approximate surface area is 313 Å². The molecule has 0 N–H and O–H groups in total. The van der Waals surface area contributed by atoms with Gasteiger partial charge in [0.25, 0.3) is 0 Å². The first-order chi connectivity index (χ1) is 26.3. The number of rotatable bonds is 4. The molecule has 0 fully saturated rings. The predicted octanol–water partition coefficient (Wildman–Crippen LogP) is 14.0. The van der Waals surface area contributed by atoms with Crippen LogP contribution in [0.4, 0.5) is 17.1 Å². The maximum absolute atomic E-state index is 2.50. The van der Waals surface area contributed by atoms with Crippen LogP contribution in [0.2, 0.25) is 0 Å². The summed E-state index contributed by atoms with van der Waals surface area (Å²) in [5, 5.41) is 5.06. The molecule has 0 saturated carbocycles. The second-order valence-corrected chi connectivity index (χ2v) is 15.1. The quantitative estimate of drug-likeness (QED) is 0.181. The minimum Gasteiger partial charge on any atom is -0.310 e. The third-order valence-electron chi connectivity index (χ3n) is 11.3. The van der Waals surface area contributed by atoms with Crippen molar-refractivity contribution in [3.63, 3.8) is 0 Å². The molecule has 1 nitrogen and oxygen atoms in total. The van der Waals surface area contributed by atoms with Gasteiger partial charge in [-0.1, -0.05) is 163 Å². The fourth-order valence-electron chi connectivity index (χ4n) is 9.08. The van der Waals surface area contributed by atoms with Crippen LogP contribution in [0, 0.1) is 0 Å². The number of hydrogen-bond donors (Lipinski definition) is 0. The second kappa shape index (κ2) is 11.8. The van der Waals surface area contributed by atoms with Crippen LogP contribution in [0.1, 0.15) is 22.3 Å². The zero-order valence-corrected chi connectivity index (χ0v) is 29.7. The van der Waals surface area contributed by atoms with E-state index in [9.17, 15) is 0 Å². The largest absolute Gasteiger partial charge is 0.310 e. The first-order valence-electron chi connectivity index (χ1n) is 18.3. The van der Waals surface area contributed by atoms with Gasteiger partial charge in [-0.15, -0.1) is 0 Å². The lowest BCUT2D eigenvalue weighted by Gasteiger charge is -2.46. The summed E-state index contributed by atoms with van der Waals surface area (Å²) in [5.74, 6) is 0. The topological polar surface area (TPSA) is 3.24 Å². The van der Waals surface area contributed by atoms with E-state index < -0.39 is 5.41 Å². The van der Waals surface area contributed by atoms with Gasteiger partial charge in [0.15, 0.2) is 0 Å². The third kappa shape index (κ3) is 4.46. The summed E-state index contributed by atoms with van der Waals surface area (Å²) in [4.78, 5) is 5.08. The summed E-state index contributed by atoms with van der Waals surface area (Å²) >= 11 is 1.89. The smallest absolute Gasteiger partial charge is 0.0736 e. The Kier molecular flexibility index (Phi) is 6.77. The van der Waals surface area contributed by atoms with Crippen molar-refractivity contribution in [3.05, 3.63) is 222 Å². The van der Waals surface area contributed by atoms with E-state index in [1.54, 1.807) is 0 Å². The molecule has 53 heavy (non-hydrogen) atoms. The van der Waals surface area contributed by atoms with Gasteiger partial charge >= 0.3 is 0 Å². The Bertz CT molecular complexity index is 2820. The highest BCUT2D eigenvalue weighted by molar-refractivity contribution is 7.99. The summed E-state index contributed by atoms with van der Waals surface area (Å²) in [5.41, 5.74) is 13.2. The summed E-state index contributed by atoms with van der Waals surface area (Å²) in [6.45, 7) is 0. The summed E-state index contributed by atoms with van der Waals surface area (Å²) in [6, 6.07) is 74.2. The highest BCUT2D eigenvalue weighted by Crippen LogP contribution is 2.62. The fraction of sp³-hybridized carbons (Fsp3) is 0.0196. The van der Waals surface area contributed by atoms with Gasteiger partial charge in [-0.25, -0.2) is 0 Å². The van der Waals surface area contributed by atoms with Crippen LogP contribution < -0.4 is 4.90 Å². The molecule has 9 aromatic rings. The van der Waals surface area contributed by atoms with Crippen molar-refractivity contribution in [1.29, 1.82) is 0 Å². The molecule has 0 amide bonds. The van der Waals surface area contributed by atoms with Gasteiger partial charge in [0, 0.05) is 26.7 Å². The van der Waals surface area contributed by atoms with Crippen molar-refractivity contribution in [2.45, 2.75) is 15.2 Å². The Balaban J connectivity index is 1.27. The van der Waals surface area contributed by atoms with Crippen LogP contribution in [-0.2, 0) is 5.41 Å². The fourth-order valence-corrected chi connectivity index (χ4v) is 10.3. The third-order valence-corrected chi connectivity index (χ3v) is 12.4.